The fraction of sp³-hybridized carbons (Fsp3) is 0.385. The van der Waals surface area contributed by atoms with Crippen LogP contribution < -0.4 is 15.2 Å². The molecule has 0 spiro atoms. The highest BCUT2D eigenvalue weighted by Crippen LogP contribution is 2.28. The van der Waals surface area contributed by atoms with E-state index in [0.717, 1.165) is 12.0 Å². The van der Waals surface area contributed by atoms with E-state index in [2.05, 4.69) is 14.7 Å². The third-order valence-corrected chi connectivity index (χ3v) is 2.55. The molecule has 1 aromatic carbocycles. The van der Waals surface area contributed by atoms with Crippen molar-refractivity contribution < 1.29 is 14.0 Å². The SMILES string of the molecule is COc1cc(CC(C)N)ccc1OCc1ncon1. The summed E-state index contributed by atoms with van der Waals surface area (Å²) in [5.41, 5.74) is 6.89. The molecule has 2 N–H and O–H groups in total. The lowest BCUT2D eigenvalue weighted by atomic mass is 10.1. The summed E-state index contributed by atoms with van der Waals surface area (Å²) < 4.78 is 15.5. The first kappa shape index (κ1) is 13.4. The van der Waals surface area contributed by atoms with Crippen LogP contribution in [0.25, 0.3) is 0 Å². The molecule has 6 heteroatoms. The Balaban J connectivity index is 2.07. The Bertz CT molecular complexity index is 512. The van der Waals surface area contributed by atoms with Crippen molar-refractivity contribution in [3.05, 3.63) is 36.0 Å². The van der Waals surface area contributed by atoms with E-state index in [1.165, 1.54) is 6.39 Å². The fourth-order valence-corrected chi connectivity index (χ4v) is 1.73. The van der Waals surface area contributed by atoms with Gasteiger partial charge in [0, 0.05) is 6.04 Å². The van der Waals surface area contributed by atoms with Crippen LogP contribution in [-0.4, -0.2) is 23.3 Å². The van der Waals surface area contributed by atoms with Gasteiger partial charge < -0.3 is 19.7 Å². The van der Waals surface area contributed by atoms with E-state index in [-0.39, 0.29) is 12.6 Å². The van der Waals surface area contributed by atoms with Crippen molar-refractivity contribution in [2.75, 3.05) is 7.11 Å². The normalized spacial score (nSPS) is 12.2. The smallest absolute Gasteiger partial charge is 0.213 e. The van der Waals surface area contributed by atoms with Crippen molar-refractivity contribution in [3.63, 3.8) is 0 Å². The number of nitrogens with two attached hydrogens (primary N) is 1. The second kappa shape index (κ2) is 6.19. The van der Waals surface area contributed by atoms with Gasteiger partial charge in [-0.2, -0.15) is 4.98 Å². The Morgan fingerprint density at radius 2 is 2.21 bits per heavy atom. The molecule has 0 bridgehead atoms. The average Bonchev–Trinajstić information content (AvgIpc) is 2.89. The standard InChI is InChI=1S/C13H17N3O3/c1-9(14)5-10-3-4-11(12(6-10)17-2)18-7-13-15-8-19-16-13/h3-4,6,8-9H,5,7,14H2,1-2H3. The summed E-state index contributed by atoms with van der Waals surface area (Å²) in [7, 11) is 1.60. The van der Waals surface area contributed by atoms with Crippen molar-refractivity contribution in [2.45, 2.75) is 26.0 Å². The van der Waals surface area contributed by atoms with Gasteiger partial charge in [0.15, 0.2) is 18.1 Å². The first-order valence-corrected chi connectivity index (χ1v) is 5.99. The Hall–Kier alpha value is -2.08. The maximum Gasteiger partial charge on any atom is 0.213 e. The fourth-order valence-electron chi connectivity index (χ4n) is 1.73. The largest absolute Gasteiger partial charge is 0.493 e. The minimum absolute atomic E-state index is 0.107. The zero-order valence-electron chi connectivity index (χ0n) is 11.0. The maximum atomic E-state index is 5.78. The van der Waals surface area contributed by atoms with Crippen LogP contribution in [0.1, 0.15) is 18.3 Å². The molecule has 19 heavy (non-hydrogen) atoms. The van der Waals surface area contributed by atoms with Gasteiger partial charge in [-0.15, -0.1) is 0 Å². The second-order valence-corrected chi connectivity index (χ2v) is 4.30. The summed E-state index contributed by atoms with van der Waals surface area (Å²) in [4.78, 5) is 3.88. The number of aromatic nitrogens is 2. The maximum absolute atomic E-state index is 5.78. The number of ether oxygens (including phenoxy) is 2. The van der Waals surface area contributed by atoms with E-state index in [1.54, 1.807) is 7.11 Å². The summed E-state index contributed by atoms with van der Waals surface area (Å²) in [5.74, 6) is 1.80. The Labute approximate surface area is 111 Å². The lowest BCUT2D eigenvalue weighted by Crippen LogP contribution is -2.17. The minimum atomic E-state index is 0.107. The summed E-state index contributed by atoms with van der Waals surface area (Å²) >= 11 is 0. The first-order valence-electron chi connectivity index (χ1n) is 5.99. The van der Waals surface area contributed by atoms with Crippen LogP contribution in [0.15, 0.2) is 29.1 Å². The topological polar surface area (TPSA) is 83.4 Å². The van der Waals surface area contributed by atoms with Crippen molar-refractivity contribution in [1.82, 2.24) is 10.1 Å². The number of rotatable bonds is 6. The van der Waals surface area contributed by atoms with Gasteiger partial charge in [0.05, 0.1) is 7.11 Å². The number of hydrogen-bond donors (Lipinski definition) is 1. The van der Waals surface area contributed by atoms with Gasteiger partial charge >= 0.3 is 0 Å². The summed E-state index contributed by atoms with van der Waals surface area (Å²) in [5, 5.41) is 3.68. The summed E-state index contributed by atoms with van der Waals surface area (Å²) in [6.07, 6.45) is 2.06. The third-order valence-electron chi connectivity index (χ3n) is 2.55. The van der Waals surface area contributed by atoms with E-state index in [9.17, 15) is 0 Å². The Morgan fingerprint density at radius 1 is 1.37 bits per heavy atom. The van der Waals surface area contributed by atoms with Crippen molar-refractivity contribution in [3.8, 4) is 11.5 Å². The van der Waals surface area contributed by atoms with Crippen molar-refractivity contribution >= 4 is 0 Å². The van der Waals surface area contributed by atoms with Crippen molar-refractivity contribution in [2.24, 2.45) is 5.73 Å². The zero-order valence-corrected chi connectivity index (χ0v) is 11.0. The average molecular weight is 263 g/mol. The molecule has 0 aliphatic heterocycles. The highest BCUT2D eigenvalue weighted by atomic mass is 16.5. The summed E-state index contributed by atoms with van der Waals surface area (Å²) in [6, 6.07) is 5.86. The predicted octanol–water partition coefficient (Wildman–Crippen LogP) is 1.55. The van der Waals surface area contributed by atoms with Gasteiger partial charge in [-0.25, -0.2) is 0 Å². The molecular formula is C13H17N3O3. The zero-order chi connectivity index (χ0) is 13.7. The number of benzene rings is 1. The van der Waals surface area contributed by atoms with Gasteiger partial charge in [-0.3, -0.25) is 0 Å². The first-order chi connectivity index (χ1) is 9.19. The van der Waals surface area contributed by atoms with Gasteiger partial charge in [0.2, 0.25) is 12.2 Å². The van der Waals surface area contributed by atoms with Crippen LogP contribution in [-0.2, 0) is 13.0 Å². The molecule has 6 nitrogen and oxygen atoms in total. The Morgan fingerprint density at radius 3 is 2.84 bits per heavy atom. The van der Waals surface area contributed by atoms with Crippen LogP contribution in [0.5, 0.6) is 11.5 Å². The molecule has 2 aromatic rings. The molecule has 0 radical (unpaired) electrons. The van der Waals surface area contributed by atoms with Crippen LogP contribution in [0, 0.1) is 0 Å². The molecule has 1 heterocycles. The van der Waals surface area contributed by atoms with Gasteiger partial charge in [-0.1, -0.05) is 11.2 Å². The van der Waals surface area contributed by atoms with E-state index in [4.69, 9.17) is 15.2 Å². The van der Waals surface area contributed by atoms with Gasteiger partial charge in [-0.05, 0) is 31.0 Å². The van der Waals surface area contributed by atoms with Crippen molar-refractivity contribution in [1.29, 1.82) is 0 Å². The molecule has 0 aliphatic rings. The molecule has 0 saturated carbocycles. The van der Waals surface area contributed by atoms with E-state index in [1.807, 2.05) is 25.1 Å². The van der Waals surface area contributed by atoms with Gasteiger partial charge in [0.25, 0.3) is 0 Å². The van der Waals surface area contributed by atoms with Gasteiger partial charge in [0.1, 0.15) is 0 Å². The van der Waals surface area contributed by atoms with E-state index >= 15 is 0 Å². The molecule has 1 aromatic heterocycles. The highest BCUT2D eigenvalue weighted by Gasteiger charge is 2.08. The molecule has 0 aliphatic carbocycles. The number of nitrogens with zero attached hydrogens (tertiary/aromatic N) is 2. The van der Waals surface area contributed by atoms with E-state index < -0.39 is 0 Å². The molecule has 1 unspecified atom stereocenters. The molecule has 0 fully saturated rings. The summed E-state index contributed by atoms with van der Waals surface area (Å²) in [6.45, 7) is 2.20. The Kier molecular flexibility index (Phi) is 4.35. The second-order valence-electron chi connectivity index (χ2n) is 4.30. The molecular weight excluding hydrogens is 246 g/mol. The van der Waals surface area contributed by atoms with Crippen LogP contribution in [0.2, 0.25) is 0 Å². The lowest BCUT2D eigenvalue weighted by molar-refractivity contribution is 0.269. The predicted molar refractivity (Wildman–Crippen MR) is 69.0 cm³/mol. The quantitative estimate of drug-likeness (QED) is 0.851. The van der Waals surface area contributed by atoms with Crippen LogP contribution in [0.3, 0.4) is 0 Å². The molecule has 0 saturated heterocycles. The van der Waals surface area contributed by atoms with E-state index in [0.29, 0.717) is 17.3 Å². The molecule has 0 amide bonds. The molecule has 2 rings (SSSR count). The number of hydrogen-bond acceptors (Lipinski definition) is 6. The highest BCUT2D eigenvalue weighted by molar-refractivity contribution is 5.43. The molecule has 1 atom stereocenters. The minimum Gasteiger partial charge on any atom is -0.493 e. The monoisotopic (exact) mass is 263 g/mol. The third kappa shape index (κ3) is 3.69. The molecule has 102 valence electrons. The van der Waals surface area contributed by atoms with Crippen LogP contribution >= 0.6 is 0 Å². The van der Waals surface area contributed by atoms with Crippen LogP contribution in [0.4, 0.5) is 0 Å². The lowest BCUT2D eigenvalue weighted by Gasteiger charge is -2.12. The number of methoxy groups -OCH3 is 1.